The molecule has 24 heavy (non-hydrogen) atoms. The van der Waals surface area contributed by atoms with Gasteiger partial charge in [0.25, 0.3) is 0 Å². The standard InChI is InChI=1S/C18H24N2.C2H5.CH3.K/c1-4-6-7-15-16-13(5-2)10-12(3)18-17(16)14(11-20-18)8-9-19-15;1-2;;/h4,10-11,15,19-20H,1,5-9H2,2-3H3;1H2,2H3;1H3;/q;2*-1;+1. The molecule has 0 spiro atoms. The van der Waals surface area contributed by atoms with Gasteiger partial charge < -0.3 is 24.7 Å². The number of H-pyrrole nitrogens is 1. The van der Waals surface area contributed by atoms with Crippen molar-refractivity contribution in [1.82, 2.24) is 10.3 Å². The van der Waals surface area contributed by atoms with E-state index >= 15 is 0 Å². The van der Waals surface area contributed by atoms with Gasteiger partial charge >= 0.3 is 51.4 Å². The van der Waals surface area contributed by atoms with Crippen LogP contribution in [0.2, 0.25) is 0 Å². The summed E-state index contributed by atoms with van der Waals surface area (Å²) in [6.45, 7) is 14.4. The first-order valence-corrected chi connectivity index (χ1v) is 8.43. The molecule has 1 aromatic carbocycles. The zero-order valence-corrected chi connectivity index (χ0v) is 19.4. The minimum absolute atomic E-state index is 0. The van der Waals surface area contributed by atoms with Gasteiger partial charge in [0, 0.05) is 23.1 Å². The van der Waals surface area contributed by atoms with Crippen LogP contribution < -0.4 is 56.7 Å². The number of hydrogen-bond donors (Lipinski definition) is 2. The van der Waals surface area contributed by atoms with E-state index in [0.29, 0.717) is 6.04 Å². The Morgan fingerprint density at radius 3 is 2.71 bits per heavy atom. The van der Waals surface area contributed by atoms with Gasteiger partial charge in [0.15, 0.2) is 0 Å². The smallest absolute Gasteiger partial charge is 0.361 e. The first-order valence-electron chi connectivity index (χ1n) is 8.43. The first-order chi connectivity index (χ1) is 10.8. The molecule has 1 aliphatic rings. The third-order valence-electron chi connectivity index (χ3n) is 4.54. The molecule has 128 valence electrons. The molecule has 0 fully saturated rings. The number of allylic oxidation sites excluding steroid dienone is 1. The largest absolute Gasteiger partial charge is 1.00 e. The number of benzene rings is 1. The molecule has 2 nitrogen and oxygen atoms in total. The molecule has 0 aliphatic carbocycles. The van der Waals surface area contributed by atoms with Crippen LogP contribution in [0.25, 0.3) is 10.9 Å². The Hall–Kier alpha value is 0.0964. The quantitative estimate of drug-likeness (QED) is 0.494. The molecular formula is C21H32KN2-. The van der Waals surface area contributed by atoms with E-state index in [9.17, 15) is 0 Å². The number of aromatic amines is 1. The summed E-state index contributed by atoms with van der Waals surface area (Å²) in [6.07, 6.45) is 8.65. The summed E-state index contributed by atoms with van der Waals surface area (Å²) in [6, 6.07) is 2.83. The molecule has 2 aromatic rings. The van der Waals surface area contributed by atoms with Crippen molar-refractivity contribution in [2.24, 2.45) is 0 Å². The second-order valence-corrected chi connectivity index (χ2v) is 5.81. The fourth-order valence-corrected chi connectivity index (χ4v) is 3.56. The Balaban J connectivity index is 0.00000128. The van der Waals surface area contributed by atoms with Crippen LogP contribution in [0.3, 0.4) is 0 Å². The SMILES string of the molecule is C=CCCC1NCCc2c[nH]c3c(C)cc(CC)c1c23.[CH2-]C.[CH3-].[K+]. The van der Waals surface area contributed by atoms with Crippen molar-refractivity contribution in [1.29, 1.82) is 0 Å². The third-order valence-corrected chi connectivity index (χ3v) is 4.54. The van der Waals surface area contributed by atoms with Crippen molar-refractivity contribution in [3.63, 3.8) is 0 Å². The van der Waals surface area contributed by atoms with E-state index in [4.69, 9.17) is 0 Å². The maximum absolute atomic E-state index is 3.87. The minimum atomic E-state index is 0. The summed E-state index contributed by atoms with van der Waals surface area (Å²) in [4.78, 5) is 3.50. The van der Waals surface area contributed by atoms with Gasteiger partial charge in [-0.05, 0) is 61.4 Å². The summed E-state index contributed by atoms with van der Waals surface area (Å²) in [5.74, 6) is 0. The summed E-state index contributed by atoms with van der Waals surface area (Å²) < 4.78 is 0. The Morgan fingerprint density at radius 1 is 1.38 bits per heavy atom. The van der Waals surface area contributed by atoms with Crippen molar-refractivity contribution in [2.45, 2.75) is 52.5 Å². The molecule has 2 N–H and O–H groups in total. The van der Waals surface area contributed by atoms with Gasteiger partial charge in [-0.2, -0.15) is 6.92 Å². The normalized spacial score (nSPS) is 15.4. The molecule has 1 aromatic heterocycles. The second-order valence-electron chi connectivity index (χ2n) is 5.81. The van der Waals surface area contributed by atoms with Gasteiger partial charge in [-0.3, -0.25) is 0 Å². The molecule has 1 unspecified atom stereocenters. The van der Waals surface area contributed by atoms with Crippen LogP contribution in [0.15, 0.2) is 24.9 Å². The zero-order valence-electron chi connectivity index (χ0n) is 16.3. The van der Waals surface area contributed by atoms with Crippen LogP contribution >= 0.6 is 0 Å². The van der Waals surface area contributed by atoms with Crippen LogP contribution in [0.1, 0.15) is 55.0 Å². The zero-order chi connectivity index (χ0) is 16.1. The predicted molar refractivity (Wildman–Crippen MR) is 104 cm³/mol. The second kappa shape index (κ2) is 11.7. The summed E-state index contributed by atoms with van der Waals surface area (Å²) in [5.41, 5.74) is 7.21. The van der Waals surface area contributed by atoms with E-state index in [2.05, 4.69) is 49.9 Å². The number of rotatable bonds is 4. The number of aromatic nitrogens is 1. The van der Waals surface area contributed by atoms with Crippen molar-refractivity contribution in [2.75, 3.05) is 6.54 Å². The summed E-state index contributed by atoms with van der Waals surface area (Å²) >= 11 is 0. The van der Waals surface area contributed by atoms with Gasteiger partial charge in [-0.15, -0.1) is 6.58 Å². The van der Waals surface area contributed by atoms with Gasteiger partial charge in [0.2, 0.25) is 0 Å². The fraction of sp³-hybridized carbons (Fsp3) is 0.429. The van der Waals surface area contributed by atoms with Gasteiger partial charge in [-0.1, -0.05) is 19.1 Å². The summed E-state index contributed by atoms with van der Waals surface area (Å²) in [7, 11) is 0. The van der Waals surface area contributed by atoms with Crippen LogP contribution in [0.5, 0.6) is 0 Å². The van der Waals surface area contributed by atoms with Gasteiger partial charge in [-0.25, -0.2) is 0 Å². The van der Waals surface area contributed by atoms with E-state index in [1.54, 1.807) is 6.92 Å². The topological polar surface area (TPSA) is 27.8 Å². The molecule has 1 aliphatic heterocycles. The Labute approximate surface area is 191 Å². The molecule has 3 rings (SSSR count). The number of hydrogen-bond acceptors (Lipinski definition) is 1. The average Bonchev–Trinajstić information content (AvgIpc) is 2.89. The molecule has 2 heterocycles. The molecule has 3 heteroatoms. The number of nitrogens with one attached hydrogen (secondary N) is 2. The number of aryl methyl sites for hydroxylation is 2. The predicted octanol–water partition coefficient (Wildman–Crippen LogP) is 2.49. The maximum atomic E-state index is 3.87. The first kappa shape index (κ1) is 24.1. The molecule has 0 radical (unpaired) electrons. The van der Waals surface area contributed by atoms with Crippen molar-refractivity contribution in [3.8, 4) is 0 Å². The van der Waals surface area contributed by atoms with Crippen LogP contribution in [-0.4, -0.2) is 11.5 Å². The summed E-state index contributed by atoms with van der Waals surface area (Å²) in [5, 5.41) is 5.23. The van der Waals surface area contributed by atoms with Crippen LogP contribution in [0.4, 0.5) is 0 Å². The molecule has 0 saturated heterocycles. The van der Waals surface area contributed by atoms with Crippen molar-refractivity contribution >= 4 is 10.9 Å². The van der Waals surface area contributed by atoms with Crippen molar-refractivity contribution in [3.05, 3.63) is 61.5 Å². The van der Waals surface area contributed by atoms with Gasteiger partial charge in [0.1, 0.15) is 0 Å². The van der Waals surface area contributed by atoms with E-state index < -0.39 is 0 Å². The van der Waals surface area contributed by atoms with E-state index in [-0.39, 0.29) is 58.8 Å². The molecule has 0 bridgehead atoms. The Bertz CT molecular complexity index is 643. The van der Waals surface area contributed by atoms with Crippen LogP contribution in [0, 0.1) is 21.3 Å². The van der Waals surface area contributed by atoms with E-state index in [1.165, 1.54) is 33.2 Å². The molecule has 1 atom stereocenters. The van der Waals surface area contributed by atoms with Crippen LogP contribution in [-0.2, 0) is 12.8 Å². The Kier molecular flexibility index (Phi) is 11.7. The molecule has 0 amide bonds. The van der Waals surface area contributed by atoms with Crippen molar-refractivity contribution < 1.29 is 51.4 Å². The molecular weight excluding hydrogens is 319 g/mol. The third kappa shape index (κ3) is 4.84. The fourth-order valence-electron chi connectivity index (χ4n) is 3.56. The average molecular weight is 352 g/mol. The van der Waals surface area contributed by atoms with Gasteiger partial charge in [0.05, 0.1) is 0 Å². The maximum Gasteiger partial charge on any atom is 1.00 e. The monoisotopic (exact) mass is 351 g/mol. The minimum Gasteiger partial charge on any atom is -0.361 e. The van der Waals surface area contributed by atoms with E-state index in [0.717, 1.165) is 32.2 Å². The van der Waals surface area contributed by atoms with E-state index in [1.807, 2.05) is 6.08 Å². The Morgan fingerprint density at radius 2 is 2.08 bits per heavy atom. The molecule has 0 saturated carbocycles.